The summed E-state index contributed by atoms with van der Waals surface area (Å²) in [5.74, 6) is -1.07. The van der Waals surface area contributed by atoms with Crippen LogP contribution in [-0.4, -0.2) is 28.0 Å². The monoisotopic (exact) mass is 280 g/mol. The van der Waals surface area contributed by atoms with Crippen LogP contribution >= 0.6 is 11.6 Å². The molecule has 1 N–H and O–H groups in total. The Bertz CT molecular complexity index is 622. The number of aryl methyl sites for hydroxylation is 1. The Kier molecular flexibility index (Phi) is 3.87. The van der Waals surface area contributed by atoms with Crippen molar-refractivity contribution in [2.75, 3.05) is 7.11 Å². The van der Waals surface area contributed by atoms with Crippen molar-refractivity contribution in [2.45, 2.75) is 13.5 Å². The van der Waals surface area contributed by atoms with Crippen LogP contribution in [-0.2, 0) is 11.3 Å². The molecule has 0 radical (unpaired) electrons. The highest BCUT2D eigenvalue weighted by Gasteiger charge is 2.14. The molecule has 0 spiro atoms. The summed E-state index contributed by atoms with van der Waals surface area (Å²) >= 11 is 6.07. The van der Waals surface area contributed by atoms with E-state index in [9.17, 15) is 4.79 Å². The predicted octanol–water partition coefficient (Wildman–Crippen LogP) is 2.68. The van der Waals surface area contributed by atoms with Gasteiger partial charge in [-0.1, -0.05) is 17.7 Å². The molecule has 2 aromatic rings. The third-order valence-electron chi connectivity index (χ3n) is 2.69. The minimum atomic E-state index is -1.07. The second kappa shape index (κ2) is 5.42. The summed E-state index contributed by atoms with van der Waals surface area (Å²) in [5, 5.41) is 13.6. The van der Waals surface area contributed by atoms with Gasteiger partial charge in [0.2, 0.25) is 0 Å². The third-order valence-corrected chi connectivity index (χ3v) is 3.10. The molecule has 0 aliphatic carbocycles. The topological polar surface area (TPSA) is 64.3 Å². The number of benzene rings is 1. The maximum absolute atomic E-state index is 11.0. The molecule has 0 atom stereocenters. The number of hydrogen-bond donors (Lipinski definition) is 1. The van der Waals surface area contributed by atoms with E-state index in [0.717, 1.165) is 5.56 Å². The van der Waals surface area contributed by atoms with Gasteiger partial charge in [0.1, 0.15) is 0 Å². The molecule has 1 aromatic carbocycles. The quantitative estimate of drug-likeness (QED) is 0.935. The van der Waals surface area contributed by atoms with E-state index in [1.54, 1.807) is 13.2 Å². The first-order chi connectivity index (χ1) is 9.02. The first-order valence-corrected chi connectivity index (χ1v) is 5.98. The summed E-state index contributed by atoms with van der Waals surface area (Å²) in [7, 11) is 1.54. The van der Waals surface area contributed by atoms with Crippen molar-refractivity contribution in [1.29, 1.82) is 0 Å². The van der Waals surface area contributed by atoms with Crippen LogP contribution in [0.1, 0.15) is 21.7 Å². The van der Waals surface area contributed by atoms with Crippen LogP contribution in [0.4, 0.5) is 0 Å². The van der Waals surface area contributed by atoms with Gasteiger partial charge in [0.05, 0.1) is 18.0 Å². The Hall–Kier alpha value is -1.85. The fourth-order valence-electron chi connectivity index (χ4n) is 1.71. The largest absolute Gasteiger partial charge is 0.476 e. The number of halogens is 1. The average molecular weight is 281 g/mol. The zero-order valence-electron chi connectivity index (χ0n) is 10.6. The molecule has 0 saturated heterocycles. The summed E-state index contributed by atoms with van der Waals surface area (Å²) in [6.45, 7) is 2.17. The van der Waals surface area contributed by atoms with Crippen molar-refractivity contribution >= 4 is 17.6 Å². The van der Waals surface area contributed by atoms with E-state index in [1.807, 2.05) is 19.1 Å². The van der Waals surface area contributed by atoms with E-state index < -0.39 is 5.97 Å². The van der Waals surface area contributed by atoms with E-state index in [-0.39, 0.29) is 12.3 Å². The lowest BCUT2D eigenvalue weighted by atomic mass is 10.2. The molecular formula is C13H13ClN2O3. The molecule has 0 aliphatic rings. The molecule has 0 saturated carbocycles. The maximum atomic E-state index is 11.0. The number of aromatic nitrogens is 2. The van der Waals surface area contributed by atoms with Gasteiger partial charge in [0, 0.05) is 12.1 Å². The van der Waals surface area contributed by atoms with Gasteiger partial charge in [-0.25, -0.2) is 9.48 Å². The van der Waals surface area contributed by atoms with Gasteiger partial charge in [0.15, 0.2) is 5.69 Å². The lowest BCUT2D eigenvalue weighted by Crippen LogP contribution is -2.04. The SMILES string of the molecule is COCc1cc(C(=O)O)nn1-c1ccc(C)c(Cl)c1. The zero-order chi connectivity index (χ0) is 14.0. The van der Waals surface area contributed by atoms with Gasteiger partial charge in [-0.3, -0.25) is 0 Å². The number of carbonyl (C=O) groups is 1. The van der Waals surface area contributed by atoms with Crippen LogP contribution in [0.25, 0.3) is 5.69 Å². The Morgan fingerprint density at radius 3 is 2.79 bits per heavy atom. The molecule has 0 fully saturated rings. The summed E-state index contributed by atoms with van der Waals surface area (Å²) in [6, 6.07) is 6.92. The first-order valence-electron chi connectivity index (χ1n) is 5.60. The van der Waals surface area contributed by atoms with Crippen molar-refractivity contribution in [2.24, 2.45) is 0 Å². The normalized spacial score (nSPS) is 10.7. The predicted molar refractivity (Wildman–Crippen MR) is 71.0 cm³/mol. The highest BCUT2D eigenvalue weighted by molar-refractivity contribution is 6.31. The van der Waals surface area contributed by atoms with E-state index >= 15 is 0 Å². The number of hydrogen-bond acceptors (Lipinski definition) is 3. The number of rotatable bonds is 4. The summed E-state index contributed by atoms with van der Waals surface area (Å²) in [5.41, 5.74) is 2.28. The van der Waals surface area contributed by atoms with Crippen molar-refractivity contribution in [3.05, 3.63) is 46.2 Å². The molecule has 2 rings (SSSR count). The van der Waals surface area contributed by atoms with Crippen molar-refractivity contribution in [1.82, 2.24) is 9.78 Å². The van der Waals surface area contributed by atoms with Gasteiger partial charge in [-0.15, -0.1) is 0 Å². The van der Waals surface area contributed by atoms with Crippen LogP contribution < -0.4 is 0 Å². The number of carboxylic acids is 1. The zero-order valence-corrected chi connectivity index (χ0v) is 11.3. The van der Waals surface area contributed by atoms with Crippen LogP contribution in [0.2, 0.25) is 5.02 Å². The van der Waals surface area contributed by atoms with Crippen molar-refractivity contribution in [3.63, 3.8) is 0 Å². The maximum Gasteiger partial charge on any atom is 0.356 e. The van der Waals surface area contributed by atoms with Crippen LogP contribution in [0.5, 0.6) is 0 Å². The van der Waals surface area contributed by atoms with E-state index in [4.69, 9.17) is 21.4 Å². The first kappa shape index (κ1) is 13.6. The van der Waals surface area contributed by atoms with Crippen LogP contribution in [0.15, 0.2) is 24.3 Å². The number of aromatic carboxylic acids is 1. The summed E-state index contributed by atoms with van der Waals surface area (Å²) in [6.07, 6.45) is 0. The Morgan fingerprint density at radius 2 is 2.21 bits per heavy atom. The standard InChI is InChI=1S/C13H13ClN2O3/c1-8-3-4-9(5-11(8)14)16-10(7-19-2)6-12(15-16)13(17)18/h3-6H,7H2,1-2H3,(H,17,18). The Balaban J connectivity index is 2.52. The number of carboxylic acid groups (broad SMARTS) is 1. The van der Waals surface area contributed by atoms with E-state index in [2.05, 4.69) is 5.10 Å². The van der Waals surface area contributed by atoms with Crippen LogP contribution in [0, 0.1) is 6.92 Å². The van der Waals surface area contributed by atoms with Crippen LogP contribution in [0.3, 0.4) is 0 Å². The highest BCUT2D eigenvalue weighted by atomic mass is 35.5. The van der Waals surface area contributed by atoms with Crippen molar-refractivity contribution < 1.29 is 14.6 Å². The average Bonchev–Trinajstić information content (AvgIpc) is 2.77. The number of methoxy groups -OCH3 is 1. The minimum Gasteiger partial charge on any atom is -0.476 e. The molecule has 1 heterocycles. The molecule has 19 heavy (non-hydrogen) atoms. The fourth-order valence-corrected chi connectivity index (χ4v) is 1.89. The van der Waals surface area contributed by atoms with Gasteiger partial charge >= 0.3 is 5.97 Å². The molecule has 0 unspecified atom stereocenters. The fraction of sp³-hybridized carbons (Fsp3) is 0.231. The third kappa shape index (κ3) is 2.77. The minimum absolute atomic E-state index is 0.0243. The van der Waals surface area contributed by atoms with Gasteiger partial charge < -0.3 is 9.84 Å². The van der Waals surface area contributed by atoms with Crippen molar-refractivity contribution in [3.8, 4) is 5.69 Å². The second-order valence-corrected chi connectivity index (χ2v) is 4.51. The lowest BCUT2D eigenvalue weighted by Gasteiger charge is -2.08. The Labute approximate surface area is 115 Å². The summed E-state index contributed by atoms with van der Waals surface area (Å²) < 4.78 is 6.58. The van der Waals surface area contributed by atoms with E-state index in [1.165, 1.54) is 10.7 Å². The van der Waals surface area contributed by atoms with Gasteiger partial charge in [-0.2, -0.15) is 5.10 Å². The van der Waals surface area contributed by atoms with E-state index in [0.29, 0.717) is 16.4 Å². The Morgan fingerprint density at radius 1 is 1.47 bits per heavy atom. The number of nitrogens with zero attached hydrogens (tertiary/aromatic N) is 2. The molecule has 100 valence electrons. The lowest BCUT2D eigenvalue weighted by molar-refractivity contribution is 0.0690. The molecule has 1 aromatic heterocycles. The molecule has 0 amide bonds. The van der Waals surface area contributed by atoms with Gasteiger partial charge in [0.25, 0.3) is 0 Å². The second-order valence-electron chi connectivity index (χ2n) is 4.10. The molecule has 0 bridgehead atoms. The number of ether oxygens (including phenoxy) is 1. The highest BCUT2D eigenvalue weighted by Crippen LogP contribution is 2.21. The molecule has 6 heteroatoms. The molecule has 5 nitrogen and oxygen atoms in total. The summed E-state index contributed by atoms with van der Waals surface area (Å²) in [4.78, 5) is 11.0. The smallest absolute Gasteiger partial charge is 0.356 e. The molecular weight excluding hydrogens is 268 g/mol. The van der Waals surface area contributed by atoms with Gasteiger partial charge in [-0.05, 0) is 30.7 Å². The molecule has 0 aliphatic heterocycles.